The number of terminal acetylenes is 3. The first-order chi connectivity index (χ1) is 30.9. The Labute approximate surface area is 379 Å². The first-order valence-electron chi connectivity index (χ1n) is 21.6. The van der Waals surface area contributed by atoms with E-state index in [2.05, 4.69) is 48.9 Å². The fourth-order valence-corrected chi connectivity index (χ4v) is 6.09. The van der Waals surface area contributed by atoms with Crippen molar-refractivity contribution in [3.05, 3.63) is 0 Å². The molecule has 0 bridgehead atoms. The van der Waals surface area contributed by atoms with Gasteiger partial charge in [-0.15, -0.1) is 19.3 Å². The molecule has 6 N–H and O–H groups in total. The van der Waals surface area contributed by atoms with E-state index in [0.29, 0.717) is 59.0 Å². The van der Waals surface area contributed by atoms with Gasteiger partial charge in [0.2, 0.25) is 29.5 Å². The highest BCUT2D eigenvalue weighted by atomic mass is 31.2. The summed E-state index contributed by atoms with van der Waals surface area (Å²) in [6.07, 6.45) is 18.7. The van der Waals surface area contributed by atoms with Crippen molar-refractivity contribution in [2.45, 2.75) is 89.0 Å². The van der Waals surface area contributed by atoms with Crippen molar-refractivity contribution < 1.29 is 70.9 Å². The van der Waals surface area contributed by atoms with Gasteiger partial charge in [0.15, 0.2) is 0 Å². The van der Waals surface area contributed by atoms with Crippen LogP contribution in [-0.4, -0.2) is 159 Å². The van der Waals surface area contributed by atoms with Gasteiger partial charge in [-0.3, -0.25) is 33.0 Å². The predicted molar refractivity (Wildman–Crippen MR) is 237 cm³/mol. The average molecular weight is 930 g/mol. The molecule has 0 aliphatic carbocycles. The summed E-state index contributed by atoms with van der Waals surface area (Å²) < 4.78 is 52.4. The average Bonchev–Trinajstić information content (AvgIpc) is 3.27. The number of hydrogen-bond acceptors (Lipinski definition) is 14. The van der Waals surface area contributed by atoms with Gasteiger partial charge in [-0.05, 0) is 38.5 Å². The van der Waals surface area contributed by atoms with E-state index >= 15 is 0 Å². The number of carbonyl (C=O) groups excluding carboxylic acids is 5. The van der Waals surface area contributed by atoms with E-state index in [-0.39, 0.29) is 147 Å². The minimum absolute atomic E-state index is 0.0247. The summed E-state index contributed by atoms with van der Waals surface area (Å²) >= 11 is 0. The number of phosphoric acid groups is 1. The molecule has 0 radical (unpaired) electrons. The molecule has 1 unspecified atom stereocenters. The maximum absolute atomic E-state index is 13.5. The standard InChI is InChI=1S/C43H72N5O15P/c1-5-25-57-32-35-60-29-22-45-39(50)15-18-43(19-16-40(51)46-23-30-61-36-33-58-26-6-2,20-17-41(52)47-24-31-62-37-34-59-27-7-3)48-42(53)14-12-13-38(49)44-21-10-8-9-11-28-63-64(54,55)56-4/h1-3H,8-37H2,4H3,(H,44,49)(H,45,50)(H,46,51)(H,47,52)(H,48,53)(H,54,55). The number of unbranched alkanes of at least 4 members (excludes halogenated alkanes) is 3. The molecule has 0 heterocycles. The first-order valence-corrected chi connectivity index (χ1v) is 23.1. The smallest absolute Gasteiger partial charge is 0.377 e. The summed E-state index contributed by atoms with van der Waals surface area (Å²) in [4.78, 5) is 74.5. The van der Waals surface area contributed by atoms with E-state index < -0.39 is 19.3 Å². The summed E-state index contributed by atoms with van der Waals surface area (Å²) in [5.74, 6) is 5.49. The Balaban J connectivity index is 5.55. The van der Waals surface area contributed by atoms with Crippen LogP contribution in [0.3, 0.4) is 0 Å². The van der Waals surface area contributed by atoms with Crippen LogP contribution in [0.5, 0.6) is 0 Å². The molecule has 0 fully saturated rings. The minimum Gasteiger partial charge on any atom is -0.377 e. The molecule has 1 atom stereocenters. The molecule has 64 heavy (non-hydrogen) atoms. The SMILES string of the molecule is C#CCOCCOCCNC(=O)CCC(CCC(=O)NCCOCCOCC#C)(CCC(=O)NCCOCCOCC#C)NC(=O)CCCC(=O)NCCCCCCOP(=O)(O)OC. The molecule has 0 spiro atoms. The molecule has 0 rings (SSSR count). The maximum atomic E-state index is 13.5. The number of rotatable bonds is 44. The van der Waals surface area contributed by atoms with Gasteiger partial charge in [-0.1, -0.05) is 30.6 Å². The zero-order valence-electron chi connectivity index (χ0n) is 37.6. The fourth-order valence-electron chi connectivity index (χ4n) is 5.62. The normalized spacial score (nSPS) is 11.9. The van der Waals surface area contributed by atoms with Gasteiger partial charge in [0.25, 0.3) is 0 Å². The van der Waals surface area contributed by atoms with Gasteiger partial charge in [0.1, 0.15) is 19.8 Å². The largest absolute Gasteiger partial charge is 0.471 e. The summed E-state index contributed by atoms with van der Waals surface area (Å²) in [6, 6.07) is 0. The third kappa shape index (κ3) is 38.4. The third-order valence-electron chi connectivity index (χ3n) is 8.96. The molecule has 364 valence electrons. The Kier molecular flexibility index (Phi) is 38.9. The molecule has 0 aromatic rings. The van der Waals surface area contributed by atoms with Crippen molar-refractivity contribution in [2.24, 2.45) is 0 Å². The fraction of sp³-hybridized carbons (Fsp3) is 0.744. The van der Waals surface area contributed by atoms with Crippen LogP contribution in [0.25, 0.3) is 0 Å². The van der Waals surface area contributed by atoms with Crippen molar-refractivity contribution >= 4 is 37.4 Å². The topological polar surface area (TPSA) is 257 Å². The highest BCUT2D eigenvalue weighted by Crippen LogP contribution is 2.41. The molecular weight excluding hydrogens is 857 g/mol. The number of carbonyl (C=O) groups is 5. The Morgan fingerprint density at radius 1 is 0.484 bits per heavy atom. The molecular formula is C43H72N5O15P. The van der Waals surface area contributed by atoms with Gasteiger partial charge in [0, 0.05) is 70.9 Å². The monoisotopic (exact) mass is 929 g/mol. The van der Waals surface area contributed by atoms with Crippen LogP contribution in [0, 0.1) is 37.0 Å². The molecule has 0 aromatic carbocycles. The lowest BCUT2D eigenvalue weighted by Gasteiger charge is -2.35. The lowest BCUT2D eigenvalue weighted by molar-refractivity contribution is -0.128. The van der Waals surface area contributed by atoms with Crippen LogP contribution in [0.2, 0.25) is 0 Å². The van der Waals surface area contributed by atoms with Gasteiger partial charge in [0.05, 0.1) is 66.1 Å². The predicted octanol–water partition coefficient (Wildman–Crippen LogP) is 1.14. The number of phosphoric ester groups is 1. The minimum atomic E-state index is -3.99. The van der Waals surface area contributed by atoms with Crippen molar-refractivity contribution in [1.29, 1.82) is 0 Å². The van der Waals surface area contributed by atoms with Crippen LogP contribution in [-0.2, 0) is 66.0 Å². The van der Waals surface area contributed by atoms with Crippen molar-refractivity contribution in [3.8, 4) is 37.0 Å². The van der Waals surface area contributed by atoms with Gasteiger partial charge >= 0.3 is 7.82 Å². The first kappa shape index (κ1) is 59.9. The van der Waals surface area contributed by atoms with Crippen LogP contribution >= 0.6 is 7.82 Å². The quantitative estimate of drug-likeness (QED) is 0.0285. The van der Waals surface area contributed by atoms with Gasteiger partial charge in [-0.2, -0.15) is 0 Å². The van der Waals surface area contributed by atoms with Crippen LogP contribution in [0.15, 0.2) is 0 Å². The number of nitrogens with one attached hydrogen (secondary N) is 5. The lowest BCUT2D eigenvalue weighted by Crippen LogP contribution is -2.50. The summed E-state index contributed by atoms with van der Waals surface area (Å²) in [6.45, 7) is 4.16. The molecule has 0 aliphatic heterocycles. The zero-order chi connectivity index (χ0) is 47.4. The molecule has 0 aliphatic rings. The zero-order valence-corrected chi connectivity index (χ0v) is 38.4. The van der Waals surface area contributed by atoms with E-state index in [1.165, 1.54) is 0 Å². The summed E-state index contributed by atoms with van der Waals surface area (Å²) in [5, 5.41) is 14.2. The Morgan fingerprint density at radius 2 is 0.859 bits per heavy atom. The summed E-state index contributed by atoms with van der Waals surface area (Å²) in [7, 11) is -2.90. The molecule has 0 saturated heterocycles. The third-order valence-corrected chi connectivity index (χ3v) is 9.93. The second-order valence-corrected chi connectivity index (χ2v) is 15.6. The van der Waals surface area contributed by atoms with Crippen molar-refractivity contribution in [2.75, 3.05) is 119 Å². The lowest BCUT2D eigenvalue weighted by atomic mass is 9.82. The molecule has 20 nitrogen and oxygen atoms in total. The number of amides is 5. The van der Waals surface area contributed by atoms with E-state index in [1.807, 2.05) is 0 Å². The second kappa shape index (κ2) is 41.6. The van der Waals surface area contributed by atoms with Crippen LogP contribution in [0.1, 0.15) is 83.5 Å². The molecule has 5 amide bonds. The van der Waals surface area contributed by atoms with E-state index in [0.717, 1.165) is 20.0 Å². The molecule has 0 aromatic heterocycles. The van der Waals surface area contributed by atoms with E-state index in [1.54, 1.807) is 0 Å². The summed E-state index contributed by atoms with van der Waals surface area (Å²) in [5.41, 5.74) is -1.16. The van der Waals surface area contributed by atoms with Crippen molar-refractivity contribution in [3.63, 3.8) is 0 Å². The van der Waals surface area contributed by atoms with Crippen molar-refractivity contribution in [1.82, 2.24) is 26.6 Å². The molecule has 0 saturated carbocycles. The van der Waals surface area contributed by atoms with Crippen LogP contribution < -0.4 is 26.6 Å². The molecule has 21 heteroatoms. The van der Waals surface area contributed by atoms with Gasteiger partial charge < -0.3 is 59.9 Å². The van der Waals surface area contributed by atoms with E-state index in [4.69, 9.17) is 52.2 Å². The Bertz CT molecular complexity index is 1350. The second-order valence-electron chi connectivity index (χ2n) is 14.1. The van der Waals surface area contributed by atoms with E-state index in [9.17, 15) is 33.4 Å². The van der Waals surface area contributed by atoms with Gasteiger partial charge in [-0.25, -0.2) is 4.57 Å². The van der Waals surface area contributed by atoms with Crippen LogP contribution in [0.4, 0.5) is 0 Å². The Morgan fingerprint density at radius 3 is 1.28 bits per heavy atom. The number of ether oxygens (including phenoxy) is 6. The Hall–Kier alpha value is -4.10. The highest BCUT2D eigenvalue weighted by Gasteiger charge is 2.33. The highest BCUT2D eigenvalue weighted by molar-refractivity contribution is 7.47. The number of hydrogen-bond donors (Lipinski definition) is 6. The maximum Gasteiger partial charge on any atom is 0.471 e.